The van der Waals surface area contributed by atoms with Crippen molar-refractivity contribution < 1.29 is 4.92 Å². The molecule has 0 saturated carbocycles. The van der Waals surface area contributed by atoms with Gasteiger partial charge in [0.05, 0.1) is 11.0 Å². The number of nitrogens with one attached hydrogen (secondary N) is 1. The van der Waals surface area contributed by atoms with Crippen LogP contribution in [-0.2, 0) is 0 Å². The van der Waals surface area contributed by atoms with Crippen molar-refractivity contribution in [1.82, 2.24) is 10.2 Å². The zero-order valence-electron chi connectivity index (χ0n) is 11.0. The van der Waals surface area contributed by atoms with E-state index in [4.69, 9.17) is 0 Å². The van der Waals surface area contributed by atoms with Crippen LogP contribution in [0.25, 0.3) is 0 Å². The second kappa shape index (κ2) is 8.92. The molecule has 1 aromatic carbocycles. The predicted octanol–water partition coefficient (Wildman–Crippen LogP) is 2.57. The second-order valence-electron chi connectivity index (χ2n) is 4.32. The van der Waals surface area contributed by atoms with E-state index in [9.17, 15) is 10.1 Å². The molecule has 0 aromatic heterocycles. The fourth-order valence-electron chi connectivity index (χ4n) is 2.28. The largest absolute Gasteiger partial charge is 0.314 e. The van der Waals surface area contributed by atoms with Gasteiger partial charge in [0.15, 0.2) is 0 Å². The first-order valence-electron chi connectivity index (χ1n) is 6.04. The number of piperazine rings is 1. The molecular weight excluding hydrogens is 301 g/mol. The lowest BCUT2D eigenvalue weighted by Crippen LogP contribution is -2.44. The molecule has 1 N–H and O–H groups in total. The average molecular weight is 320 g/mol. The number of hydrogen-bond donors (Lipinski definition) is 1. The van der Waals surface area contributed by atoms with Crippen molar-refractivity contribution in [2.75, 3.05) is 26.2 Å². The van der Waals surface area contributed by atoms with Crippen molar-refractivity contribution in [3.8, 4) is 0 Å². The molecule has 5 nitrogen and oxygen atoms in total. The molecule has 0 spiro atoms. The van der Waals surface area contributed by atoms with E-state index in [1.165, 1.54) is 6.07 Å². The Morgan fingerprint density at radius 3 is 2.55 bits per heavy atom. The number of hydrogen-bond acceptors (Lipinski definition) is 4. The first-order valence-corrected chi connectivity index (χ1v) is 6.04. The zero-order chi connectivity index (χ0) is 13.0. The predicted molar refractivity (Wildman–Crippen MR) is 85.0 cm³/mol. The molecule has 0 amide bonds. The highest BCUT2D eigenvalue weighted by Gasteiger charge is 2.20. The van der Waals surface area contributed by atoms with Crippen LogP contribution in [0.3, 0.4) is 0 Å². The Morgan fingerprint density at radius 2 is 2.00 bits per heavy atom. The Bertz CT molecular complexity index is 451. The fraction of sp³-hybridized carbons (Fsp3) is 0.385. The van der Waals surface area contributed by atoms with Crippen molar-refractivity contribution >= 4 is 30.5 Å². The normalized spacial score (nSPS) is 16.4. The second-order valence-corrected chi connectivity index (χ2v) is 4.32. The average Bonchev–Trinajstić information content (AvgIpc) is 2.41. The third-order valence-electron chi connectivity index (χ3n) is 3.19. The van der Waals surface area contributed by atoms with E-state index in [1.807, 2.05) is 12.1 Å². The maximum absolute atomic E-state index is 10.8. The Morgan fingerprint density at radius 1 is 1.35 bits per heavy atom. The summed E-state index contributed by atoms with van der Waals surface area (Å²) in [5, 5.41) is 14.1. The number of nitro groups is 1. The van der Waals surface area contributed by atoms with Gasteiger partial charge in [0, 0.05) is 38.3 Å². The smallest absolute Gasteiger partial charge is 0.269 e. The van der Waals surface area contributed by atoms with Gasteiger partial charge in [0.2, 0.25) is 0 Å². The van der Waals surface area contributed by atoms with Crippen LogP contribution < -0.4 is 5.32 Å². The Hall–Kier alpha value is -1.14. The van der Waals surface area contributed by atoms with E-state index < -0.39 is 0 Å². The number of rotatable bonds is 4. The molecule has 112 valence electrons. The quantitative estimate of drug-likeness (QED) is 0.526. The van der Waals surface area contributed by atoms with Crippen LogP contribution in [0.5, 0.6) is 0 Å². The van der Waals surface area contributed by atoms with Gasteiger partial charge in [-0.25, -0.2) is 0 Å². The maximum atomic E-state index is 10.8. The summed E-state index contributed by atoms with van der Waals surface area (Å²) >= 11 is 0. The Balaban J connectivity index is 0.00000180. The number of benzene rings is 1. The summed E-state index contributed by atoms with van der Waals surface area (Å²) in [5.41, 5.74) is 1.07. The van der Waals surface area contributed by atoms with Gasteiger partial charge in [0.1, 0.15) is 0 Å². The molecule has 1 aromatic rings. The summed E-state index contributed by atoms with van der Waals surface area (Å²) in [4.78, 5) is 12.7. The first kappa shape index (κ1) is 18.9. The van der Waals surface area contributed by atoms with Crippen LogP contribution in [-0.4, -0.2) is 36.0 Å². The van der Waals surface area contributed by atoms with Gasteiger partial charge in [-0.2, -0.15) is 0 Å². The molecule has 1 fully saturated rings. The van der Waals surface area contributed by atoms with Crippen molar-refractivity contribution in [2.45, 2.75) is 6.04 Å². The topological polar surface area (TPSA) is 58.4 Å². The zero-order valence-corrected chi connectivity index (χ0v) is 12.7. The monoisotopic (exact) mass is 319 g/mol. The Kier molecular flexibility index (Phi) is 8.41. The molecule has 0 radical (unpaired) electrons. The number of nitrogens with zero attached hydrogens (tertiary/aromatic N) is 2. The molecule has 1 heterocycles. The number of halogens is 2. The van der Waals surface area contributed by atoms with Crippen molar-refractivity contribution in [3.05, 3.63) is 52.6 Å². The molecular formula is C13H19Cl2N3O2. The summed E-state index contributed by atoms with van der Waals surface area (Å²) in [6.07, 6.45) is 1.85. The molecule has 0 unspecified atom stereocenters. The highest BCUT2D eigenvalue weighted by molar-refractivity contribution is 5.85. The summed E-state index contributed by atoms with van der Waals surface area (Å²) in [7, 11) is 0. The van der Waals surface area contributed by atoms with Crippen LogP contribution >= 0.6 is 24.8 Å². The number of nitro benzene ring substituents is 1. The van der Waals surface area contributed by atoms with E-state index in [0.29, 0.717) is 0 Å². The van der Waals surface area contributed by atoms with Gasteiger partial charge in [-0.3, -0.25) is 15.0 Å². The minimum atomic E-state index is -0.360. The van der Waals surface area contributed by atoms with Crippen LogP contribution in [0.2, 0.25) is 0 Å². The van der Waals surface area contributed by atoms with E-state index in [1.54, 1.807) is 12.1 Å². The molecule has 2 rings (SSSR count). The van der Waals surface area contributed by atoms with Gasteiger partial charge < -0.3 is 5.32 Å². The molecule has 20 heavy (non-hydrogen) atoms. The van der Waals surface area contributed by atoms with Crippen molar-refractivity contribution in [2.24, 2.45) is 0 Å². The summed E-state index contributed by atoms with van der Waals surface area (Å²) in [5.74, 6) is 0. The lowest BCUT2D eigenvalue weighted by atomic mass is 10.0. The summed E-state index contributed by atoms with van der Waals surface area (Å²) < 4.78 is 0. The lowest BCUT2D eigenvalue weighted by molar-refractivity contribution is -0.384. The third-order valence-corrected chi connectivity index (χ3v) is 3.19. The molecule has 1 atom stereocenters. The van der Waals surface area contributed by atoms with Crippen LogP contribution in [0.15, 0.2) is 36.9 Å². The minimum absolute atomic E-state index is 0. The van der Waals surface area contributed by atoms with Gasteiger partial charge in [0.25, 0.3) is 5.69 Å². The minimum Gasteiger partial charge on any atom is -0.314 e. The Labute approximate surface area is 131 Å². The summed E-state index contributed by atoms with van der Waals surface area (Å²) in [6.45, 7) is 7.60. The highest BCUT2D eigenvalue weighted by Crippen LogP contribution is 2.25. The van der Waals surface area contributed by atoms with E-state index in [0.717, 1.165) is 31.7 Å². The summed E-state index contributed by atoms with van der Waals surface area (Å²) in [6, 6.07) is 6.84. The van der Waals surface area contributed by atoms with Gasteiger partial charge in [-0.05, 0) is 5.56 Å². The molecule has 7 heteroatoms. The van der Waals surface area contributed by atoms with Gasteiger partial charge in [-0.1, -0.05) is 18.2 Å². The SMILES string of the molecule is C=C[C@@H](c1cccc([N+](=O)[O-])c1)N1CCNCC1.Cl.Cl. The van der Waals surface area contributed by atoms with Crippen LogP contribution in [0.1, 0.15) is 11.6 Å². The van der Waals surface area contributed by atoms with E-state index >= 15 is 0 Å². The number of non-ortho nitro benzene ring substituents is 1. The maximum Gasteiger partial charge on any atom is 0.269 e. The molecule has 0 aliphatic carbocycles. The van der Waals surface area contributed by atoms with Gasteiger partial charge >= 0.3 is 0 Å². The van der Waals surface area contributed by atoms with E-state index in [-0.39, 0.29) is 41.5 Å². The molecule has 0 bridgehead atoms. The van der Waals surface area contributed by atoms with Gasteiger partial charge in [-0.15, -0.1) is 31.4 Å². The van der Waals surface area contributed by atoms with Crippen LogP contribution in [0.4, 0.5) is 5.69 Å². The highest BCUT2D eigenvalue weighted by atomic mass is 35.5. The fourth-order valence-corrected chi connectivity index (χ4v) is 2.28. The first-order chi connectivity index (χ1) is 8.72. The molecule has 1 saturated heterocycles. The van der Waals surface area contributed by atoms with Crippen LogP contribution in [0, 0.1) is 10.1 Å². The van der Waals surface area contributed by atoms with Crippen molar-refractivity contribution in [1.29, 1.82) is 0 Å². The van der Waals surface area contributed by atoms with E-state index in [2.05, 4.69) is 16.8 Å². The molecule has 1 aliphatic rings. The molecule has 1 aliphatic heterocycles. The lowest BCUT2D eigenvalue weighted by Gasteiger charge is -2.33. The van der Waals surface area contributed by atoms with Crippen molar-refractivity contribution in [3.63, 3.8) is 0 Å². The third kappa shape index (κ3) is 4.45. The standard InChI is InChI=1S/C13H17N3O2.2ClH/c1-2-13(15-8-6-14-7-9-15)11-4-3-5-12(10-11)16(17)18;;/h2-5,10,13-14H,1,6-9H2;2*1H/t13-;;/m0../s1.